The van der Waals surface area contributed by atoms with Crippen molar-refractivity contribution >= 4 is 21.2 Å². The van der Waals surface area contributed by atoms with Gasteiger partial charge in [-0.15, -0.1) is 0 Å². The molecule has 1 aliphatic rings. The van der Waals surface area contributed by atoms with Gasteiger partial charge in [0.05, 0.1) is 21.7 Å². The molecule has 0 saturated heterocycles. The normalized spacial score (nSPS) is 24.4. The molecule has 1 aliphatic heterocycles. The number of hydrogen-bond donors (Lipinski definition) is 1. The molecule has 0 aliphatic carbocycles. The average molecular weight is 461 g/mol. The molecule has 0 bridgehead atoms. The van der Waals surface area contributed by atoms with E-state index in [4.69, 9.17) is 0 Å². The van der Waals surface area contributed by atoms with Gasteiger partial charge in [-0.3, -0.25) is 10.1 Å². The standard InChI is InChI=1S/C24H32N2O5S/c1-5-7-13-24(6-2)16-32(30,31)21-12-11-18(25(3)4)15-20(21)22(23(24)27)17-9-8-10-19(14-17)26(28)29/h8-12,14-15,22-23,27H,5-7,13,16H2,1-4H3/t22-,23-,24-/m1/s1. The molecule has 0 saturated carbocycles. The molecule has 0 fully saturated rings. The first kappa shape index (κ1) is 24.2. The molecule has 2 aromatic rings. The summed E-state index contributed by atoms with van der Waals surface area (Å²) in [5.41, 5.74) is 0.926. The van der Waals surface area contributed by atoms with E-state index in [9.17, 15) is 23.6 Å². The molecule has 0 unspecified atom stereocenters. The lowest BCUT2D eigenvalue weighted by molar-refractivity contribution is -0.384. The number of nitrogens with zero attached hydrogens (tertiary/aromatic N) is 2. The Labute approximate surface area is 190 Å². The van der Waals surface area contributed by atoms with Crippen molar-refractivity contribution in [3.05, 3.63) is 63.7 Å². The molecule has 0 aromatic heterocycles. The number of rotatable bonds is 7. The Balaban J connectivity index is 2.34. The van der Waals surface area contributed by atoms with Crippen molar-refractivity contribution < 1.29 is 18.4 Å². The monoisotopic (exact) mass is 460 g/mol. The van der Waals surface area contributed by atoms with Crippen LogP contribution in [-0.2, 0) is 9.84 Å². The van der Waals surface area contributed by atoms with Gasteiger partial charge in [0.1, 0.15) is 0 Å². The lowest BCUT2D eigenvalue weighted by Crippen LogP contribution is -2.42. The van der Waals surface area contributed by atoms with Gasteiger partial charge in [0.2, 0.25) is 0 Å². The Bertz CT molecular complexity index is 1100. The smallest absolute Gasteiger partial charge is 0.269 e. The number of non-ortho nitro benzene ring substituents is 1. The fourth-order valence-corrected chi connectivity index (χ4v) is 7.09. The van der Waals surface area contributed by atoms with Crippen LogP contribution in [0.2, 0.25) is 0 Å². The fraction of sp³-hybridized carbons (Fsp3) is 0.500. The summed E-state index contributed by atoms with van der Waals surface area (Å²) >= 11 is 0. The van der Waals surface area contributed by atoms with Crippen molar-refractivity contribution in [3.8, 4) is 0 Å². The first-order valence-corrected chi connectivity index (χ1v) is 12.7. The maximum atomic E-state index is 13.6. The SMILES string of the molecule is CCCC[C@]1(CC)CS(=O)(=O)c2ccc(N(C)C)cc2[C@@H](c2cccc([N+](=O)[O-])c2)[C@H]1O. The first-order chi connectivity index (χ1) is 15.1. The minimum Gasteiger partial charge on any atom is -0.392 e. The number of nitro groups is 1. The van der Waals surface area contributed by atoms with E-state index in [0.29, 0.717) is 24.0 Å². The predicted molar refractivity (Wildman–Crippen MR) is 126 cm³/mol. The van der Waals surface area contributed by atoms with Crippen molar-refractivity contribution in [2.24, 2.45) is 5.41 Å². The number of aliphatic hydroxyl groups excluding tert-OH is 1. The van der Waals surface area contributed by atoms with E-state index < -0.39 is 32.2 Å². The quantitative estimate of drug-likeness (QED) is 0.481. The van der Waals surface area contributed by atoms with E-state index >= 15 is 0 Å². The molecular formula is C24H32N2O5S. The highest BCUT2D eigenvalue weighted by atomic mass is 32.2. The van der Waals surface area contributed by atoms with E-state index in [1.54, 1.807) is 30.3 Å². The topological polar surface area (TPSA) is 101 Å². The zero-order valence-corrected chi connectivity index (χ0v) is 19.9. The van der Waals surface area contributed by atoms with Crippen molar-refractivity contribution in [3.63, 3.8) is 0 Å². The number of sulfone groups is 1. The summed E-state index contributed by atoms with van der Waals surface area (Å²) in [6, 6.07) is 11.4. The number of anilines is 1. The molecule has 1 N–H and O–H groups in total. The van der Waals surface area contributed by atoms with Crippen LogP contribution < -0.4 is 4.90 Å². The highest BCUT2D eigenvalue weighted by Gasteiger charge is 2.49. The lowest BCUT2D eigenvalue weighted by Gasteiger charge is -2.39. The summed E-state index contributed by atoms with van der Waals surface area (Å²) in [4.78, 5) is 13.0. The van der Waals surface area contributed by atoms with Crippen molar-refractivity contribution in [2.75, 3.05) is 24.7 Å². The van der Waals surface area contributed by atoms with E-state index in [0.717, 1.165) is 18.5 Å². The average Bonchev–Trinajstić information content (AvgIpc) is 2.83. The van der Waals surface area contributed by atoms with Gasteiger partial charge in [0.15, 0.2) is 9.84 Å². The fourth-order valence-electron chi connectivity index (χ4n) is 4.84. The summed E-state index contributed by atoms with van der Waals surface area (Å²) in [6.07, 6.45) is 1.73. The molecule has 7 nitrogen and oxygen atoms in total. The van der Waals surface area contributed by atoms with Gasteiger partial charge in [-0.2, -0.15) is 0 Å². The Morgan fingerprint density at radius 2 is 1.91 bits per heavy atom. The number of nitro benzene ring substituents is 1. The Morgan fingerprint density at radius 3 is 2.50 bits per heavy atom. The largest absolute Gasteiger partial charge is 0.392 e. The molecule has 0 radical (unpaired) electrons. The van der Waals surface area contributed by atoms with Crippen molar-refractivity contribution in [1.82, 2.24) is 0 Å². The molecule has 0 amide bonds. The van der Waals surface area contributed by atoms with E-state index in [2.05, 4.69) is 0 Å². The second-order valence-corrected chi connectivity index (χ2v) is 10.9. The molecule has 8 heteroatoms. The lowest BCUT2D eigenvalue weighted by atomic mass is 9.69. The zero-order chi connectivity index (χ0) is 23.7. The maximum absolute atomic E-state index is 13.6. The highest BCUT2D eigenvalue weighted by molar-refractivity contribution is 7.91. The number of hydrogen-bond acceptors (Lipinski definition) is 6. The molecule has 0 spiro atoms. The van der Waals surface area contributed by atoms with Crippen LogP contribution in [0.4, 0.5) is 11.4 Å². The molecule has 32 heavy (non-hydrogen) atoms. The van der Waals surface area contributed by atoms with Crippen molar-refractivity contribution in [2.45, 2.75) is 56.4 Å². The van der Waals surface area contributed by atoms with E-state index in [1.807, 2.05) is 32.8 Å². The van der Waals surface area contributed by atoms with Crippen LogP contribution in [0.25, 0.3) is 0 Å². The number of unbranched alkanes of at least 4 members (excludes halogenated alkanes) is 1. The number of aliphatic hydroxyl groups is 1. The van der Waals surface area contributed by atoms with Gasteiger partial charge in [-0.25, -0.2) is 8.42 Å². The summed E-state index contributed by atoms with van der Waals surface area (Å²) in [7, 11) is 0.0450. The zero-order valence-electron chi connectivity index (χ0n) is 19.1. The molecule has 1 heterocycles. The Morgan fingerprint density at radius 1 is 1.19 bits per heavy atom. The Kier molecular flexibility index (Phi) is 6.95. The van der Waals surface area contributed by atoms with Gasteiger partial charge >= 0.3 is 0 Å². The van der Waals surface area contributed by atoms with Gasteiger partial charge in [-0.05, 0) is 42.2 Å². The van der Waals surface area contributed by atoms with Gasteiger partial charge < -0.3 is 10.0 Å². The van der Waals surface area contributed by atoms with E-state index in [-0.39, 0.29) is 16.3 Å². The summed E-state index contributed by atoms with van der Waals surface area (Å²) < 4.78 is 27.2. The van der Waals surface area contributed by atoms with Crippen LogP contribution >= 0.6 is 0 Å². The van der Waals surface area contributed by atoms with Crippen LogP contribution in [0.1, 0.15) is 56.6 Å². The van der Waals surface area contributed by atoms with Crippen LogP contribution in [0.3, 0.4) is 0 Å². The minimum absolute atomic E-state index is 0.0808. The van der Waals surface area contributed by atoms with Crippen LogP contribution in [-0.4, -0.2) is 44.4 Å². The van der Waals surface area contributed by atoms with Gasteiger partial charge in [-0.1, -0.05) is 38.8 Å². The summed E-state index contributed by atoms with van der Waals surface area (Å²) in [6.45, 7) is 3.96. The van der Waals surface area contributed by atoms with Gasteiger partial charge in [0.25, 0.3) is 5.69 Å². The maximum Gasteiger partial charge on any atom is 0.269 e. The van der Waals surface area contributed by atoms with Crippen LogP contribution in [0.15, 0.2) is 47.4 Å². The summed E-state index contributed by atoms with van der Waals surface area (Å²) in [5.74, 6) is -0.837. The van der Waals surface area contributed by atoms with Crippen molar-refractivity contribution in [1.29, 1.82) is 0 Å². The molecule has 3 atom stereocenters. The Hall–Kier alpha value is -2.45. The number of benzene rings is 2. The second kappa shape index (κ2) is 9.19. The summed E-state index contributed by atoms with van der Waals surface area (Å²) in [5, 5.41) is 23.3. The van der Waals surface area contributed by atoms with Gasteiger partial charge in [0, 0.05) is 43.2 Å². The van der Waals surface area contributed by atoms with Crippen LogP contribution in [0.5, 0.6) is 0 Å². The highest BCUT2D eigenvalue weighted by Crippen LogP contribution is 2.49. The molecule has 2 aromatic carbocycles. The molecule has 174 valence electrons. The molecule has 3 rings (SSSR count). The minimum atomic E-state index is -3.68. The third-order valence-corrected chi connectivity index (χ3v) is 8.77. The second-order valence-electron chi connectivity index (χ2n) is 8.97. The third kappa shape index (κ3) is 4.38. The molecular weight excluding hydrogens is 428 g/mol. The first-order valence-electron chi connectivity index (χ1n) is 11.0. The number of fused-ring (bicyclic) bond motifs is 1. The van der Waals surface area contributed by atoms with Crippen LogP contribution in [0, 0.1) is 15.5 Å². The third-order valence-electron chi connectivity index (χ3n) is 6.77. The predicted octanol–water partition coefficient (Wildman–Crippen LogP) is 4.53. The van der Waals surface area contributed by atoms with E-state index in [1.165, 1.54) is 12.1 Å².